The van der Waals surface area contributed by atoms with Crippen LogP contribution in [-0.2, 0) is 14.1 Å². The summed E-state index contributed by atoms with van der Waals surface area (Å²) in [6, 6.07) is 0. The van der Waals surface area contributed by atoms with Gasteiger partial charge in [-0.25, -0.2) is 0 Å². The fourth-order valence-electron chi connectivity index (χ4n) is 0.318. The molecule has 11 heavy (non-hydrogen) atoms. The quantitative estimate of drug-likeness (QED) is 0.380. The van der Waals surface area contributed by atoms with E-state index in [1.165, 1.54) is 0 Å². The van der Waals surface area contributed by atoms with E-state index in [9.17, 15) is 9.36 Å². The van der Waals surface area contributed by atoms with E-state index in [0.717, 1.165) is 6.08 Å². The minimum atomic E-state index is -1.11. The number of carbonyl (C=O) groups excluding carboxylic acids is 1. The van der Waals surface area contributed by atoms with Gasteiger partial charge in [-0.3, -0.25) is 0 Å². The van der Waals surface area contributed by atoms with Crippen molar-refractivity contribution in [2.45, 2.75) is 6.10 Å². The average molecular weight is 174 g/mol. The molecule has 0 aromatic carbocycles. The van der Waals surface area contributed by atoms with Crippen molar-refractivity contribution in [3.63, 3.8) is 0 Å². The van der Waals surface area contributed by atoms with Gasteiger partial charge in [-0.1, -0.05) is 0 Å². The van der Waals surface area contributed by atoms with E-state index < -0.39 is 20.0 Å². The Bertz CT molecular complexity index is 240. The van der Waals surface area contributed by atoms with Crippen LogP contribution in [0.2, 0.25) is 0 Å². The van der Waals surface area contributed by atoms with Crippen LogP contribution in [0, 0.1) is 5.63 Å². The molecule has 4 nitrogen and oxygen atoms in total. The number of esters is 1. The van der Waals surface area contributed by atoms with E-state index in [1.54, 1.807) is 0 Å². The van der Waals surface area contributed by atoms with Gasteiger partial charge in [0.25, 0.3) is 0 Å². The second kappa shape index (κ2) is 5.93. The molecule has 0 heterocycles. The zero-order chi connectivity index (χ0) is 8.69. The molecule has 0 saturated heterocycles. The number of rotatable bonds is 3. The molecular formula is C6H7O4P. The number of carbonyl (C=O) groups is 1. The molecule has 0 fully saturated rings. The Hall–Kier alpha value is -0.820. The second-order valence-corrected chi connectivity index (χ2v) is 2.01. The minimum absolute atomic E-state index is 0.250. The summed E-state index contributed by atoms with van der Waals surface area (Å²) >= 11 is 0. The predicted molar refractivity (Wildman–Crippen MR) is 38.7 cm³/mol. The molecular weight excluding hydrogens is 167 g/mol. The first-order valence-electron chi connectivity index (χ1n) is 2.76. The van der Waals surface area contributed by atoms with Crippen LogP contribution in [-0.4, -0.2) is 23.8 Å². The van der Waals surface area contributed by atoms with E-state index in [1.807, 2.05) is 0 Å². The summed E-state index contributed by atoms with van der Waals surface area (Å²) in [7, 11) is -0.412. The summed E-state index contributed by atoms with van der Waals surface area (Å²) in [6.07, 6.45) is -0.139. The third kappa shape index (κ3) is 5.62. The Morgan fingerprint density at radius 2 is 2.55 bits per heavy atom. The Labute approximate surface area is 65.0 Å². The maximum absolute atomic E-state index is 10.4. The predicted octanol–water partition coefficient (Wildman–Crippen LogP) is 0.327. The number of aliphatic hydroxyl groups is 1. The summed E-state index contributed by atoms with van der Waals surface area (Å²) in [5, 5.41) is 8.76. The van der Waals surface area contributed by atoms with Gasteiger partial charge in [0.05, 0.1) is 0 Å². The third-order valence-corrected chi connectivity index (χ3v) is 1.16. The zero-order valence-corrected chi connectivity index (χ0v) is 6.58. The SMILES string of the molecule is C=CC(=O)OCC(O)C#P=O. The molecule has 0 spiro atoms. The van der Waals surface area contributed by atoms with E-state index in [0.29, 0.717) is 0 Å². The summed E-state index contributed by atoms with van der Waals surface area (Å²) in [4.78, 5) is 10.4. The number of hydrogen-bond acceptors (Lipinski definition) is 4. The van der Waals surface area contributed by atoms with Crippen LogP contribution in [0.4, 0.5) is 0 Å². The van der Waals surface area contributed by atoms with E-state index in [-0.39, 0.29) is 6.61 Å². The molecule has 0 rings (SSSR count). The van der Waals surface area contributed by atoms with Crippen LogP contribution in [0.25, 0.3) is 0 Å². The van der Waals surface area contributed by atoms with Crippen LogP contribution < -0.4 is 0 Å². The van der Waals surface area contributed by atoms with Gasteiger partial charge < -0.3 is 0 Å². The third-order valence-electron chi connectivity index (χ3n) is 0.752. The van der Waals surface area contributed by atoms with Crippen LogP contribution in [0.1, 0.15) is 0 Å². The van der Waals surface area contributed by atoms with Gasteiger partial charge in [0.2, 0.25) is 0 Å². The van der Waals surface area contributed by atoms with Crippen molar-refractivity contribution in [3.05, 3.63) is 12.7 Å². The maximum atomic E-state index is 10.4. The van der Waals surface area contributed by atoms with Crippen LogP contribution in [0.5, 0.6) is 0 Å². The molecule has 0 bridgehead atoms. The van der Waals surface area contributed by atoms with Crippen molar-refractivity contribution in [2.24, 2.45) is 0 Å². The number of hydrogen-bond donors (Lipinski definition) is 1. The van der Waals surface area contributed by atoms with E-state index >= 15 is 0 Å². The molecule has 0 aromatic heterocycles. The Morgan fingerprint density at radius 1 is 1.91 bits per heavy atom. The van der Waals surface area contributed by atoms with E-state index in [2.05, 4.69) is 16.9 Å². The fraction of sp³-hybridized carbons (Fsp3) is 0.333. The van der Waals surface area contributed by atoms with Crippen molar-refractivity contribution >= 4 is 13.9 Å². The monoisotopic (exact) mass is 174 g/mol. The van der Waals surface area contributed by atoms with Gasteiger partial charge in [0.1, 0.15) is 0 Å². The molecule has 1 unspecified atom stereocenters. The summed E-state index contributed by atoms with van der Waals surface area (Å²) in [5.41, 5.74) is 2.09. The molecule has 0 radical (unpaired) electrons. The fourth-order valence-corrected chi connectivity index (χ4v) is 0.514. The Balaban J connectivity index is 3.67. The van der Waals surface area contributed by atoms with Gasteiger partial charge in [-0.05, 0) is 0 Å². The summed E-state index contributed by atoms with van der Waals surface area (Å²) in [6.45, 7) is 2.89. The van der Waals surface area contributed by atoms with Gasteiger partial charge in [0.15, 0.2) is 0 Å². The molecule has 0 aliphatic rings. The first kappa shape index (κ1) is 10.2. The number of aliphatic hydroxyl groups excluding tert-OH is 1. The molecule has 0 aliphatic carbocycles. The number of ether oxygens (including phenoxy) is 1. The molecule has 60 valence electrons. The van der Waals surface area contributed by atoms with Crippen LogP contribution >= 0.6 is 7.92 Å². The second-order valence-electron chi connectivity index (χ2n) is 1.57. The Morgan fingerprint density at radius 3 is 3.00 bits per heavy atom. The van der Waals surface area contributed by atoms with Crippen molar-refractivity contribution in [1.29, 1.82) is 0 Å². The molecule has 0 aromatic rings. The normalized spacial score (nSPS) is 11.0. The van der Waals surface area contributed by atoms with Gasteiger partial charge >= 0.3 is 64.1 Å². The summed E-state index contributed by atoms with van der Waals surface area (Å²) in [5.74, 6) is -0.631. The van der Waals surface area contributed by atoms with Gasteiger partial charge in [-0.15, -0.1) is 0 Å². The van der Waals surface area contributed by atoms with Gasteiger partial charge in [0, 0.05) is 0 Å². The van der Waals surface area contributed by atoms with Gasteiger partial charge in [-0.2, -0.15) is 0 Å². The van der Waals surface area contributed by atoms with Crippen molar-refractivity contribution in [1.82, 2.24) is 0 Å². The van der Waals surface area contributed by atoms with Crippen molar-refractivity contribution in [3.8, 4) is 5.63 Å². The molecule has 1 atom stereocenters. The average Bonchev–Trinajstić information content (AvgIpc) is 2.01. The molecule has 0 aliphatic heterocycles. The zero-order valence-electron chi connectivity index (χ0n) is 5.69. The van der Waals surface area contributed by atoms with Crippen LogP contribution in [0.15, 0.2) is 12.7 Å². The van der Waals surface area contributed by atoms with E-state index in [4.69, 9.17) is 5.11 Å². The standard InChI is InChI=1S/C6H7O4P/c1-2-6(8)10-3-5(7)4-11-9/h2,5,7H,1,3H2. The molecule has 0 saturated carbocycles. The molecule has 0 amide bonds. The first-order chi connectivity index (χ1) is 5.20. The van der Waals surface area contributed by atoms with Crippen LogP contribution in [0.3, 0.4) is 0 Å². The first-order valence-corrected chi connectivity index (χ1v) is 3.57. The molecule has 1 N–H and O–H groups in total. The topological polar surface area (TPSA) is 63.6 Å². The Kier molecular flexibility index (Phi) is 5.49. The van der Waals surface area contributed by atoms with Crippen molar-refractivity contribution < 1.29 is 19.2 Å². The van der Waals surface area contributed by atoms with Crippen molar-refractivity contribution in [2.75, 3.05) is 6.61 Å². The summed E-state index contributed by atoms with van der Waals surface area (Å²) < 4.78 is 14.2. The molecule has 5 heteroatoms.